The number of aliphatic hydroxyl groups excluding tert-OH is 1. The van der Waals surface area contributed by atoms with Crippen molar-refractivity contribution < 1.29 is 14.6 Å². The van der Waals surface area contributed by atoms with Gasteiger partial charge in [-0.3, -0.25) is 4.90 Å². The Bertz CT molecular complexity index is 177. The van der Waals surface area contributed by atoms with Gasteiger partial charge in [0.1, 0.15) is 0 Å². The summed E-state index contributed by atoms with van der Waals surface area (Å²) in [7, 11) is 0. The Kier molecular flexibility index (Phi) is 4.38. The van der Waals surface area contributed by atoms with Crippen LogP contribution in [-0.2, 0) is 9.47 Å². The molecule has 2 fully saturated rings. The third-order valence-electron chi connectivity index (χ3n) is 3.36. The SMILES string of the molecule is OC(CN1CCOCC1)C1CCOCC1. The second kappa shape index (κ2) is 5.80. The van der Waals surface area contributed by atoms with Gasteiger partial charge >= 0.3 is 0 Å². The van der Waals surface area contributed by atoms with Gasteiger partial charge in [-0.15, -0.1) is 0 Å². The standard InChI is InChI=1S/C11H21NO3/c13-11(10-1-5-14-6-2-10)9-12-3-7-15-8-4-12/h10-11,13H,1-9H2. The van der Waals surface area contributed by atoms with Gasteiger partial charge < -0.3 is 14.6 Å². The van der Waals surface area contributed by atoms with E-state index in [2.05, 4.69) is 4.90 Å². The minimum atomic E-state index is -0.188. The lowest BCUT2D eigenvalue weighted by molar-refractivity contribution is -0.0266. The minimum Gasteiger partial charge on any atom is -0.392 e. The van der Waals surface area contributed by atoms with Crippen molar-refractivity contribution in [1.82, 2.24) is 4.90 Å². The molecular weight excluding hydrogens is 194 g/mol. The lowest BCUT2D eigenvalue weighted by Gasteiger charge is -2.33. The molecule has 4 nitrogen and oxygen atoms in total. The first kappa shape index (κ1) is 11.3. The molecule has 0 amide bonds. The number of morpholine rings is 1. The molecule has 2 heterocycles. The molecule has 2 rings (SSSR count). The number of hydrogen-bond acceptors (Lipinski definition) is 4. The average Bonchev–Trinajstić information content (AvgIpc) is 2.31. The van der Waals surface area contributed by atoms with E-state index < -0.39 is 0 Å². The van der Waals surface area contributed by atoms with Crippen LogP contribution in [-0.4, -0.2) is 62.2 Å². The fourth-order valence-electron chi connectivity index (χ4n) is 2.30. The maximum absolute atomic E-state index is 10.1. The second-order valence-corrected chi connectivity index (χ2v) is 4.43. The molecule has 15 heavy (non-hydrogen) atoms. The number of nitrogens with zero attached hydrogens (tertiary/aromatic N) is 1. The monoisotopic (exact) mass is 215 g/mol. The molecule has 2 aliphatic rings. The zero-order chi connectivity index (χ0) is 10.5. The lowest BCUT2D eigenvalue weighted by Crippen LogP contribution is -2.43. The molecule has 0 aliphatic carbocycles. The topological polar surface area (TPSA) is 41.9 Å². The molecule has 0 aromatic carbocycles. The van der Waals surface area contributed by atoms with Crippen LogP contribution in [0.3, 0.4) is 0 Å². The molecule has 88 valence electrons. The van der Waals surface area contributed by atoms with Crippen LogP contribution in [0.25, 0.3) is 0 Å². The highest BCUT2D eigenvalue weighted by atomic mass is 16.5. The van der Waals surface area contributed by atoms with Crippen molar-refractivity contribution in [2.75, 3.05) is 46.1 Å². The Balaban J connectivity index is 1.72. The maximum Gasteiger partial charge on any atom is 0.0696 e. The van der Waals surface area contributed by atoms with E-state index in [0.717, 1.165) is 58.9 Å². The highest BCUT2D eigenvalue weighted by molar-refractivity contribution is 4.76. The number of hydrogen-bond donors (Lipinski definition) is 1. The largest absolute Gasteiger partial charge is 0.392 e. The molecule has 0 saturated carbocycles. The Morgan fingerprint density at radius 1 is 1.07 bits per heavy atom. The molecular formula is C11H21NO3. The first-order valence-electron chi connectivity index (χ1n) is 5.92. The van der Waals surface area contributed by atoms with Crippen molar-refractivity contribution in [3.63, 3.8) is 0 Å². The van der Waals surface area contributed by atoms with Gasteiger partial charge in [-0.1, -0.05) is 0 Å². The third-order valence-corrected chi connectivity index (χ3v) is 3.36. The molecule has 0 aromatic rings. The summed E-state index contributed by atoms with van der Waals surface area (Å²) in [6.07, 6.45) is 1.82. The van der Waals surface area contributed by atoms with Crippen molar-refractivity contribution in [2.24, 2.45) is 5.92 Å². The zero-order valence-corrected chi connectivity index (χ0v) is 9.23. The van der Waals surface area contributed by atoms with Gasteiger partial charge in [0.25, 0.3) is 0 Å². The summed E-state index contributed by atoms with van der Waals surface area (Å²) in [4.78, 5) is 2.30. The highest BCUT2D eigenvalue weighted by Gasteiger charge is 2.24. The van der Waals surface area contributed by atoms with Crippen molar-refractivity contribution >= 4 is 0 Å². The molecule has 0 spiro atoms. The number of β-amino-alcohol motifs (C(OH)–C–C–N with tert-alkyl or cyclic N) is 1. The van der Waals surface area contributed by atoms with Gasteiger partial charge in [-0.05, 0) is 18.8 Å². The quantitative estimate of drug-likeness (QED) is 0.725. The van der Waals surface area contributed by atoms with Crippen LogP contribution in [0.2, 0.25) is 0 Å². The van der Waals surface area contributed by atoms with Crippen LogP contribution in [0.5, 0.6) is 0 Å². The molecule has 0 aromatic heterocycles. The van der Waals surface area contributed by atoms with E-state index >= 15 is 0 Å². The van der Waals surface area contributed by atoms with Gasteiger partial charge in [0, 0.05) is 32.8 Å². The van der Waals surface area contributed by atoms with Gasteiger partial charge in [0.2, 0.25) is 0 Å². The summed E-state index contributed by atoms with van der Waals surface area (Å²) in [6, 6.07) is 0. The Morgan fingerprint density at radius 3 is 2.33 bits per heavy atom. The predicted octanol–water partition coefficient (Wildman–Crippen LogP) is 0.106. The van der Waals surface area contributed by atoms with Gasteiger partial charge in [0.15, 0.2) is 0 Å². The van der Waals surface area contributed by atoms with Crippen LogP contribution in [0, 0.1) is 5.92 Å². The van der Waals surface area contributed by atoms with E-state index in [9.17, 15) is 5.11 Å². The number of rotatable bonds is 3. The fourth-order valence-corrected chi connectivity index (χ4v) is 2.30. The molecule has 0 bridgehead atoms. The maximum atomic E-state index is 10.1. The van der Waals surface area contributed by atoms with E-state index in [1.54, 1.807) is 0 Å². The van der Waals surface area contributed by atoms with E-state index in [4.69, 9.17) is 9.47 Å². The van der Waals surface area contributed by atoms with Crippen LogP contribution in [0.1, 0.15) is 12.8 Å². The van der Waals surface area contributed by atoms with Crippen LogP contribution >= 0.6 is 0 Å². The van der Waals surface area contributed by atoms with Crippen LogP contribution in [0.15, 0.2) is 0 Å². The van der Waals surface area contributed by atoms with Gasteiger partial charge in [-0.25, -0.2) is 0 Å². The van der Waals surface area contributed by atoms with Gasteiger partial charge in [-0.2, -0.15) is 0 Å². The lowest BCUT2D eigenvalue weighted by atomic mass is 9.93. The summed E-state index contributed by atoms with van der Waals surface area (Å²) in [5, 5.41) is 10.1. The smallest absolute Gasteiger partial charge is 0.0696 e. The Morgan fingerprint density at radius 2 is 1.67 bits per heavy atom. The number of aliphatic hydroxyl groups is 1. The van der Waals surface area contributed by atoms with Crippen LogP contribution in [0.4, 0.5) is 0 Å². The average molecular weight is 215 g/mol. The van der Waals surface area contributed by atoms with Crippen molar-refractivity contribution in [3.05, 3.63) is 0 Å². The summed E-state index contributed by atoms with van der Waals surface area (Å²) in [6.45, 7) is 5.95. The molecule has 1 atom stereocenters. The molecule has 4 heteroatoms. The number of ether oxygens (including phenoxy) is 2. The normalized spacial score (nSPS) is 27.8. The zero-order valence-electron chi connectivity index (χ0n) is 9.23. The first-order chi connectivity index (χ1) is 7.36. The van der Waals surface area contributed by atoms with Crippen molar-refractivity contribution in [3.8, 4) is 0 Å². The fraction of sp³-hybridized carbons (Fsp3) is 1.00. The van der Waals surface area contributed by atoms with E-state index in [1.165, 1.54) is 0 Å². The van der Waals surface area contributed by atoms with Gasteiger partial charge in [0.05, 0.1) is 19.3 Å². The summed E-state index contributed by atoms with van der Waals surface area (Å²) >= 11 is 0. The summed E-state index contributed by atoms with van der Waals surface area (Å²) in [5.74, 6) is 0.432. The molecule has 2 aliphatic heterocycles. The molecule has 2 saturated heterocycles. The minimum absolute atomic E-state index is 0.188. The van der Waals surface area contributed by atoms with Crippen molar-refractivity contribution in [2.45, 2.75) is 18.9 Å². The molecule has 1 unspecified atom stereocenters. The molecule has 1 N–H and O–H groups in total. The Hall–Kier alpha value is -0.160. The van der Waals surface area contributed by atoms with E-state index in [1.807, 2.05) is 0 Å². The molecule has 0 radical (unpaired) electrons. The van der Waals surface area contributed by atoms with Crippen molar-refractivity contribution in [1.29, 1.82) is 0 Å². The predicted molar refractivity (Wildman–Crippen MR) is 56.8 cm³/mol. The van der Waals surface area contributed by atoms with Crippen LogP contribution < -0.4 is 0 Å². The Labute approximate surface area is 91.2 Å². The van der Waals surface area contributed by atoms with E-state index in [-0.39, 0.29) is 6.10 Å². The first-order valence-corrected chi connectivity index (χ1v) is 5.92. The summed E-state index contributed by atoms with van der Waals surface area (Å²) in [5.41, 5.74) is 0. The second-order valence-electron chi connectivity index (χ2n) is 4.43. The third kappa shape index (κ3) is 3.41. The summed E-state index contributed by atoms with van der Waals surface area (Å²) < 4.78 is 10.6. The van der Waals surface area contributed by atoms with E-state index in [0.29, 0.717) is 5.92 Å². The highest BCUT2D eigenvalue weighted by Crippen LogP contribution is 2.19.